The lowest BCUT2D eigenvalue weighted by Crippen LogP contribution is -2.22. The first kappa shape index (κ1) is 10.6. The average molecular weight is 205 g/mol. The predicted molar refractivity (Wildman–Crippen MR) is 60.3 cm³/mol. The Morgan fingerprint density at radius 3 is 2.73 bits per heavy atom. The van der Waals surface area contributed by atoms with Gasteiger partial charge in [-0.1, -0.05) is 13.8 Å². The van der Waals surface area contributed by atoms with Crippen molar-refractivity contribution in [1.82, 2.24) is 14.9 Å². The molecule has 1 saturated heterocycles. The van der Waals surface area contributed by atoms with Gasteiger partial charge in [-0.3, -0.25) is 4.90 Å². The van der Waals surface area contributed by atoms with Crippen molar-refractivity contribution in [2.75, 3.05) is 13.1 Å². The normalized spacial score (nSPS) is 22.5. The fraction of sp³-hybridized carbons (Fsp3) is 0.667. The molecule has 82 valence electrons. The lowest BCUT2D eigenvalue weighted by molar-refractivity contribution is 0.290. The minimum atomic E-state index is 0.798. The van der Waals surface area contributed by atoms with Crippen LogP contribution in [0, 0.1) is 11.8 Å². The number of likely N-dealkylation sites (tertiary alicyclic amines) is 1. The zero-order valence-corrected chi connectivity index (χ0v) is 9.56. The molecule has 1 aliphatic heterocycles. The Morgan fingerprint density at radius 2 is 2.13 bits per heavy atom. The van der Waals surface area contributed by atoms with Gasteiger partial charge in [0.05, 0.1) is 6.54 Å². The highest BCUT2D eigenvalue weighted by molar-refractivity contribution is 4.90. The fourth-order valence-electron chi connectivity index (χ4n) is 2.16. The van der Waals surface area contributed by atoms with E-state index >= 15 is 0 Å². The molecule has 2 rings (SSSR count). The van der Waals surface area contributed by atoms with Gasteiger partial charge < -0.3 is 0 Å². The molecule has 0 N–H and O–H groups in total. The molecule has 2 heterocycles. The quantitative estimate of drug-likeness (QED) is 0.755. The summed E-state index contributed by atoms with van der Waals surface area (Å²) in [5.74, 6) is 2.60. The summed E-state index contributed by atoms with van der Waals surface area (Å²) in [4.78, 5) is 11.0. The van der Waals surface area contributed by atoms with Crippen LogP contribution in [0.15, 0.2) is 18.5 Å². The van der Waals surface area contributed by atoms with E-state index in [1.54, 1.807) is 0 Å². The third-order valence-corrected chi connectivity index (χ3v) is 3.24. The molecule has 1 fully saturated rings. The molecule has 1 atom stereocenters. The van der Waals surface area contributed by atoms with E-state index in [1.165, 1.54) is 19.5 Å². The van der Waals surface area contributed by atoms with Gasteiger partial charge in [0.1, 0.15) is 5.82 Å². The van der Waals surface area contributed by atoms with Crippen LogP contribution in [0.25, 0.3) is 0 Å². The molecule has 0 spiro atoms. The molecule has 0 aromatic carbocycles. The minimum Gasteiger partial charge on any atom is -0.296 e. The Labute approximate surface area is 91.5 Å². The third kappa shape index (κ3) is 2.75. The van der Waals surface area contributed by atoms with Gasteiger partial charge in [-0.05, 0) is 30.9 Å². The van der Waals surface area contributed by atoms with Gasteiger partial charge in [-0.2, -0.15) is 0 Å². The summed E-state index contributed by atoms with van der Waals surface area (Å²) in [5.41, 5.74) is 0. The van der Waals surface area contributed by atoms with Crippen LogP contribution in [0.4, 0.5) is 0 Å². The van der Waals surface area contributed by atoms with Crippen LogP contribution in [0.1, 0.15) is 26.1 Å². The maximum Gasteiger partial charge on any atom is 0.142 e. The summed E-state index contributed by atoms with van der Waals surface area (Å²) in [6.07, 6.45) is 4.96. The van der Waals surface area contributed by atoms with Gasteiger partial charge in [-0.25, -0.2) is 9.97 Å². The lowest BCUT2D eigenvalue weighted by Gasteiger charge is -2.16. The molecule has 1 unspecified atom stereocenters. The van der Waals surface area contributed by atoms with Crippen molar-refractivity contribution in [3.05, 3.63) is 24.3 Å². The highest BCUT2D eigenvalue weighted by atomic mass is 15.2. The fourth-order valence-corrected chi connectivity index (χ4v) is 2.16. The zero-order valence-electron chi connectivity index (χ0n) is 9.56. The van der Waals surface area contributed by atoms with Crippen molar-refractivity contribution < 1.29 is 0 Å². The van der Waals surface area contributed by atoms with E-state index in [-0.39, 0.29) is 0 Å². The van der Waals surface area contributed by atoms with E-state index in [4.69, 9.17) is 0 Å². The highest BCUT2D eigenvalue weighted by Crippen LogP contribution is 2.24. The number of hydrogen-bond donors (Lipinski definition) is 0. The summed E-state index contributed by atoms with van der Waals surface area (Å²) in [5, 5.41) is 0. The van der Waals surface area contributed by atoms with Crippen molar-refractivity contribution in [2.24, 2.45) is 11.8 Å². The van der Waals surface area contributed by atoms with Crippen molar-refractivity contribution in [3.8, 4) is 0 Å². The molecule has 0 radical (unpaired) electrons. The Bertz CT molecular complexity index is 297. The number of nitrogens with zero attached hydrogens (tertiary/aromatic N) is 3. The second-order valence-corrected chi connectivity index (χ2v) is 4.69. The molecule has 0 aliphatic carbocycles. The number of hydrogen-bond acceptors (Lipinski definition) is 3. The Balaban J connectivity index is 1.88. The van der Waals surface area contributed by atoms with Gasteiger partial charge in [0.25, 0.3) is 0 Å². The number of rotatable bonds is 3. The summed E-state index contributed by atoms with van der Waals surface area (Å²) >= 11 is 0. The Kier molecular flexibility index (Phi) is 3.31. The highest BCUT2D eigenvalue weighted by Gasteiger charge is 2.24. The van der Waals surface area contributed by atoms with E-state index in [9.17, 15) is 0 Å². The van der Waals surface area contributed by atoms with E-state index in [2.05, 4.69) is 28.7 Å². The van der Waals surface area contributed by atoms with Gasteiger partial charge in [0.15, 0.2) is 0 Å². The molecule has 1 aromatic rings. The van der Waals surface area contributed by atoms with E-state index in [0.29, 0.717) is 0 Å². The monoisotopic (exact) mass is 205 g/mol. The van der Waals surface area contributed by atoms with E-state index in [1.807, 2.05) is 18.5 Å². The first-order valence-electron chi connectivity index (χ1n) is 5.74. The SMILES string of the molecule is CC(C)C1CCN(Cc2ncccn2)C1. The second-order valence-electron chi connectivity index (χ2n) is 4.69. The van der Waals surface area contributed by atoms with Crippen molar-refractivity contribution in [2.45, 2.75) is 26.8 Å². The van der Waals surface area contributed by atoms with Crippen molar-refractivity contribution in [1.29, 1.82) is 0 Å². The van der Waals surface area contributed by atoms with Gasteiger partial charge in [0.2, 0.25) is 0 Å². The van der Waals surface area contributed by atoms with Crippen LogP contribution in [-0.4, -0.2) is 28.0 Å². The zero-order chi connectivity index (χ0) is 10.7. The molecule has 15 heavy (non-hydrogen) atoms. The molecule has 3 heteroatoms. The predicted octanol–water partition coefficient (Wildman–Crippen LogP) is 1.95. The van der Waals surface area contributed by atoms with Crippen LogP contribution in [-0.2, 0) is 6.54 Å². The Morgan fingerprint density at radius 1 is 1.40 bits per heavy atom. The molecule has 3 nitrogen and oxygen atoms in total. The number of aromatic nitrogens is 2. The summed E-state index contributed by atoms with van der Waals surface area (Å²) in [6.45, 7) is 7.93. The standard InChI is InChI=1S/C12H19N3/c1-10(2)11-4-7-15(8-11)9-12-13-5-3-6-14-12/h3,5-6,10-11H,4,7-9H2,1-2H3. The molecule has 1 aromatic heterocycles. The summed E-state index contributed by atoms with van der Waals surface area (Å²) in [7, 11) is 0. The van der Waals surface area contributed by atoms with Crippen LogP contribution >= 0.6 is 0 Å². The molecule has 0 bridgehead atoms. The minimum absolute atomic E-state index is 0.798. The molecule has 0 saturated carbocycles. The maximum atomic E-state index is 4.26. The first-order chi connectivity index (χ1) is 7.25. The molecular formula is C12H19N3. The maximum absolute atomic E-state index is 4.26. The van der Waals surface area contributed by atoms with E-state index in [0.717, 1.165) is 24.2 Å². The molecule has 0 amide bonds. The van der Waals surface area contributed by atoms with Gasteiger partial charge in [-0.15, -0.1) is 0 Å². The lowest BCUT2D eigenvalue weighted by atomic mass is 9.95. The van der Waals surface area contributed by atoms with E-state index < -0.39 is 0 Å². The third-order valence-electron chi connectivity index (χ3n) is 3.24. The van der Waals surface area contributed by atoms with Crippen LogP contribution < -0.4 is 0 Å². The Hall–Kier alpha value is -0.960. The molecule has 1 aliphatic rings. The van der Waals surface area contributed by atoms with Gasteiger partial charge >= 0.3 is 0 Å². The van der Waals surface area contributed by atoms with Gasteiger partial charge in [0, 0.05) is 18.9 Å². The van der Waals surface area contributed by atoms with Crippen LogP contribution in [0.5, 0.6) is 0 Å². The van der Waals surface area contributed by atoms with Crippen molar-refractivity contribution in [3.63, 3.8) is 0 Å². The largest absolute Gasteiger partial charge is 0.296 e. The second kappa shape index (κ2) is 4.71. The first-order valence-corrected chi connectivity index (χ1v) is 5.74. The summed E-state index contributed by atoms with van der Waals surface area (Å²) < 4.78 is 0. The smallest absolute Gasteiger partial charge is 0.142 e. The van der Waals surface area contributed by atoms with Crippen LogP contribution in [0.2, 0.25) is 0 Å². The average Bonchev–Trinajstić information content (AvgIpc) is 2.68. The topological polar surface area (TPSA) is 29.0 Å². The summed E-state index contributed by atoms with van der Waals surface area (Å²) in [6, 6.07) is 1.87. The van der Waals surface area contributed by atoms with Crippen molar-refractivity contribution >= 4 is 0 Å². The molecular weight excluding hydrogens is 186 g/mol. The van der Waals surface area contributed by atoms with Crippen LogP contribution in [0.3, 0.4) is 0 Å².